The summed E-state index contributed by atoms with van der Waals surface area (Å²) in [5.41, 5.74) is 0.0537. The quantitative estimate of drug-likeness (QED) is 0.551. The molecule has 1 fully saturated rings. The first-order valence-corrected chi connectivity index (χ1v) is 9.87. The third kappa shape index (κ3) is 4.58. The molecule has 1 aliphatic rings. The molecule has 8 heteroatoms. The predicted molar refractivity (Wildman–Crippen MR) is 103 cm³/mol. The van der Waals surface area contributed by atoms with E-state index in [0.29, 0.717) is 31.2 Å². The van der Waals surface area contributed by atoms with Crippen LogP contribution in [0.25, 0.3) is 0 Å². The van der Waals surface area contributed by atoms with E-state index in [9.17, 15) is 18.0 Å². The zero-order chi connectivity index (χ0) is 21.1. The van der Waals surface area contributed by atoms with Gasteiger partial charge in [-0.2, -0.15) is 13.2 Å². The molecule has 158 valence electrons. The zero-order valence-corrected chi connectivity index (χ0v) is 16.3. The molecule has 1 aromatic carbocycles. The van der Waals surface area contributed by atoms with Crippen LogP contribution in [0.3, 0.4) is 0 Å². The van der Waals surface area contributed by atoms with Gasteiger partial charge in [0.15, 0.2) is 0 Å². The van der Waals surface area contributed by atoms with Crippen molar-refractivity contribution in [1.29, 1.82) is 0 Å². The lowest BCUT2D eigenvalue weighted by molar-refractivity contribution is -0.140. The van der Waals surface area contributed by atoms with Crippen molar-refractivity contribution in [3.05, 3.63) is 77.8 Å². The average Bonchev–Trinajstić information content (AvgIpc) is 3.32. The van der Waals surface area contributed by atoms with E-state index < -0.39 is 11.7 Å². The van der Waals surface area contributed by atoms with E-state index in [2.05, 4.69) is 4.98 Å². The third-order valence-corrected chi connectivity index (χ3v) is 5.46. The number of benzene rings is 1. The number of carbonyl (C=O) groups is 1. The highest BCUT2D eigenvalue weighted by molar-refractivity contribution is 5.79. The topological polar surface area (TPSA) is 51.3 Å². The van der Waals surface area contributed by atoms with Crippen LogP contribution in [-0.2, 0) is 30.6 Å². The van der Waals surface area contributed by atoms with Gasteiger partial charge in [0.2, 0.25) is 5.91 Å². The predicted octanol–water partition coefficient (Wildman–Crippen LogP) is 4.87. The van der Waals surface area contributed by atoms with E-state index in [4.69, 9.17) is 4.42 Å². The molecular formula is C22H22F3N3O2. The van der Waals surface area contributed by atoms with Crippen LogP contribution < -0.4 is 0 Å². The molecule has 5 nitrogen and oxygen atoms in total. The van der Waals surface area contributed by atoms with Crippen molar-refractivity contribution in [2.45, 2.75) is 45.1 Å². The number of hydrogen-bond acceptors (Lipinski definition) is 3. The minimum Gasteiger partial charge on any atom is -0.467 e. The van der Waals surface area contributed by atoms with Crippen LogP contribution in [0.2, 0.25) is 0 Å². The Morgan fingerprint density at radius 3 is 2.53 bits per heavy atom. The maximum absolute atomic E-state index is 12.9. The maximum Gasteiger partial charge on any atom is 0.416 e. The Bertz CT molecular complexity index is 974. The van der Waals surface area contributed by atoms with Gasteiger partial charge in [0.25, 0.3) is 0 Å². The molecule has 0 N–H and O–H groups in total. The van der Waals surface area contributed by atoms with E-state index in [1.165, 1.54) is 12.1 Å². The van der Waals surface area contributed by atoms with E-state index >= 15 is 0 Å². The van der Waals surface area contributed by atoms with Gasteiger partial charge in [0, 0.05) is 24.9 Å². The number of furan rings is 1. The van der Waals surface area contributed by atoms with E-state index in [-0.39, 0.29) is 11.8 Å². The summed E-state index contributed by atoms with van der Waals surface area (Å²) >= 11 is 0. The number of rotatable bonds is 7. The summed E-state index contributed by atoms with van der Waals surface area (Å²) in [6.45, 7) is 1.04. The number of amides is 1. The molecular weight excluding hydrogens is 395 g/mol. The molecule has 3 aromatic rings. The molecule has 0 spiro atoms. The van der Waals surface area contributed by atoms with Gasteiger partial charge in [-0.15, -0.1) is 0 Å². The average molecular weight is 417 g/mol. The second kappa shape index (κ2) is 8.38. The Kier molecular flexibility index (Phi) is 5.65. The van der Waals surface area contributed by atoms with Crippen molar-refractivity contribution >= 4 is 5.91 Å². The van der Waals surface area contributed by atoms with E-state index in [0.717, 1.165) is 37.0 Å². The monoisotopic (exact) mass is 417 g/mol. The lowest BCUT2D eigenvalue weighted by atomic mass is 9.84. The van der Waals surface area contributed by atoms with Crippen LogP contribution in [0, 0.1) is 5.92 Å². The Morgan fingerprint density at radius 2 is 1.93 bits per heavy atom. The third-order valence-electron chi connectivity index (χ3n) is 5.46. The van der Waals surface area contributed by atoms with Crippen LogP contribution in [0.5, 0.6) is 0 Å². The maximum atomic E-state index is 12.9. The van der Waals surface area contributed by atoms with Crippen molar-refractivity contribution in [2.75, 3.05) is 0 Å². The second-order valence-corrected chi connectivity index (χ2v) is 7.57. The summed E-state index contributed by atoms with van der Waals surface area (Å²) in [7, 11) is 0. The Hall–Kier alpha value is -3.03. The number of nitrogens with zero attached hydrogens (tertiary/aromatic N) is 3. The number of alkyl halides is 3. The number of carbonyl (C=O) groups excluding carboxylic acids is 1. The number of hydrogen-bond donors (Lipinski definition) is 0. The van der Waals surface area contributed by atoms with Gasteiger partial charge in [0.1, 0.15) is 11.6 Å². The van der Waals surface area contributed by atoms with Crippen LogP contribution in [0.4, 0.5) is 13.2 Å². The zero-order valence-electron chi connectivity index (χ0n) is 16.3. The fourth-order valence-electron chi connectivity index (χ4n) is 3.52. The van der Waals surface area contributed by atoms with Crippen molar-refractivity contribution < 1.29 is 22.4 Å². The number of imidazole rings is 1. The van der Waals surface area contributed by atoms with Gasteiger partial charge in [-0.05, 0) is 42.7 Å². The highest BCUT2D eigenvalue weighted by atomic mass is 19.4. The molecule has 0 atom stereocenters. The van der Waals surface area contributed by atoms with Gasteiger partial charge in [-0.1, -0.05) is 18.6 Å². The molecule has 2 heterocycles. The van der Waals surface area contributed by atoms with Gasteiger partial charge in [-0.25, -0.2) is 4.98 Å². The molecule has 1 saturated carbocycles. The Morgan fingerprint density at radius 1 is 1.17 bits per heavy atom. The van der Waals surface area contributed by atoms with Crippen LogP contribution in [-0.4, -0.2) is 20.4 Å². The minimum absolute atomic E-state index is 0.0401. The summed E-state index contributed by atoms with van der Waals surface area (Å²) in [6.07, 6.45) is 3.48. The van der Waals surface area contributed by atoms with Crippen molar-refractivity contribution in [3.63, 3.8) is 0 Å². The van der Waals surface area contributed by atoms with Gasteiger partial charge in [0.05, 0.1) is 24.9 Å². The lowest BCUT2D eigenvalue weighted by Crippen LogP contribution is -2.38. The molecule has 0 radical (unpaired) electrons. The Balaban J connectivity index is 1.49. The van der Waals surface area contributed by atoms with Crippen molar-refractivity contribution in [3.8, 4) is 0 Å². The van der Waals surface area contributed by atoms with E-state index in [1.807, 2.05) is 10.6 Å². The van der Waals surface area contributed by atoms with Crippen molar-refractivity contribution in [2.24, 2.45) is 5.92 Å². The fourth-order valence-corrected chi connectivity index (χ4v) is 3.52. The molecule has 2 aromatic heterocycles. The minimum atomic E-state index is -4.35. The normalized spacial score (nSPS) is 14.5. The summed E-state index contributed by atoms with van der Waals surface area (Å²) in [4.78, 5) is 19.0. The first-order valence-electron chi connectivity index (χ1n) is 9.87. The molecule has 1 aliphatic carbocycles. The molecule has 0 bridgehead atoms. The highest BCUT2D eigenvalue weighted by Crippen LogP contribution is 2.30. The smallest absolute Gasteiger partial charge is 0.416 e. The summed E-state index contributed by atoms with van der Waals surface area (Å²) in [5, 5.41) is 0. The number of aromatic nitrogens is 2. The summed E-state index contributed by atoms with van der Waals surface area (Å²) in [5.74, 6) is 1.50. The summed E-state index contributed by atoms with van der Waals surface area (Å²) < 4.78 is 45.6. The van der Waals surface area contributed by atoms with Crippen LogP contribution >= 0.6 is 0 Å². The van der Waals surface area contributed by atoms with Gasteiger partial charge >= 0.3 is 6.18 Å². The van der Waals surface area contributed by atoms with E-state index in [1.54, 1.807) is 29.6 Å². The van der Waals surface area contributed by atoms with Crippen molar-refractivity contribution in [1.82, 2.24) is 14.5 Å². The SMILES string of the molecule is O=C(C1CCC1)N(Cc1ccco1)Cc1nccn1Cc1ccc(C(F)(F)F)cc1. The first-order chi connectivity index (χ1) is 14.4. The van der Waals surface area contributed by atoms with Crippen LogP contribution in [0.1, 0.15) is 42.0 Å². The molecule has 1 amide bonds. The molecule has 0 saturated heterocycles. The standard InChI is InChI=1S/C22H22F3N3O2/c23-22(24,25)18-8-6-16(7-9-18)13-27-11-10-26-20(27)15-28(14-19-5-2-12-30-19)21(29)17-3-1-4-17/h2,5-12,17H,1,3-4,13-15H2. The fraction of sp³-hybridized carbons (Fsp3) is 0.364. The molecule has 4 rings (SSSR count). The summed E-state index contributed by atoms with van der Waals surface area (Å²) in [6, 6.07) is 8.70. The number of halogens is 3. The van der Waals surface area contributed by atoms with Crippen LogP contribution in [0.15, 0.2) is 59.5 Å². The largest absolute Gasteiger partial charge is 0.467 e. The molecule has 30 heavy (non-hydrogen) atoms. The lowest BCUT2D eigenvalue weighted by Gasteiger charge is -2.31. The molecule has 0 unspecified atom stereocenters. The van der Waals surface area contributed by atoms with Gasteiger partial charge < -0.3 is 13.9 Å². The first kappa shape index (κ1) is 20.3. The second-order valence-electron chi connectivity index (χ2n) is 7.57. The molecule has 0 aliphatic heterocycles. The highest BCUT2D eigenvalue weighted by Gasteiger charge is 2.31. The van der Waals surface area contributed by atoms with Gasteiger partial charge in [-0.3, -0.25) is 4.79 Å². The Labute approximate surface area is 172 Å².